The molecule has 0 spiro atoms. The summed E-state index contributed by atoms with van der Waals surface area (Å²) in [6.07, 6.45) is -2.00. The summed E-state index contributed by atoms with van der Waals surface area (Å²) >= 11 is 0. The van der Waals surface area contributed by atoms with Crippen molar-refractivity contribution in [3.8, 4) is 5.75 Å². The summed E-state index contributed by atoms with van der Waals surface area (Å²) < 4.78 is 68.0. The Bertz CT molecular complexity index is 1990. The van der Waals surface area contributed by atoms with Crippen molar-refractivity contribution in [2.45, 2.75) is 83.4 Å². The molecule has 3 atom stereocenters. The number of likely N-dealkylation sites (N-methyl/N-ethyl adjacent to an activating group) is 1. The van der Waals surface area contributed by atoms with Gasteiger partial charge >= 0.3 is 6.36 Å². The number of benzene rings is 3. The monoisotopic (exact) mass is 816 g/mol. The van der Waals surface area contributed by atoms with Crippen LogP contribution in [0.15, 0.2) is 72.8 Å². The summed E-state index contributed by atoms with van der Waals surface area (Å²) in [7, 11) is -2.52. The molecule has 0 aromatic heterocycles. The van der Waals surface area contributed by atoms with Crippen LogP contribution in [0.1, 0.15) is 72.4 Å². The standard InChI is InChI=1S/C40H51F3N6O7S/c1-7-44-38(53)34(25(2)3)47-35(50)26(4)45-24-31(19-27-11-9-8-10-12-27)46-36(51)29-20-30(22-32(21-29)49(5)57(6,54)55)37(52)48-39(17-18-39)23-28-13-15-33(16-14-28)56-40(41,42)43/h8-16,20-22,25-26,31,34,45H,7,17-19,23-24H2,1-6H3,(H,44,53)(H,46,51)(H,47,50)(H,48,52)/t26-,31-,34-/m0/s1. The van der Waals surface area contributed by atoms with E-state index in [1.165, 1.54) is 49.5 Å². The lowest BCUT2D eigenvalue weighted by Crippen LogP contribution is -2.55. The van der Waals surface area contributed by atoms with Gasteiger partial charge in [0.1, 0.15) is 11.8 Å². The lowest BCUT2D eigenvalue weighted by molar-refractivity contribution is -0.274. The number of carbonyl (C=O) groups excluding carboxylic acids is 4. The Morgan fingerprint density at radius 2 is 1.47 bits per heavy atom. The number of hydrogen-bond donors (Lipinski definition) is 5. The molecule has 4 amide bonds. The molecule has 13 nitrogen and oxygen atoms in total. The molecular formula is C40H51F3N6O7S. The first-order chi connectivity index (χ1) is 26.7. The second kappa shape index (κ2) is 18.9. The van der Waals surface area contributed by atoms with Crippen LogP contribution in [0.3, 0.4) is 0 Å². The minimum Gasteiger partial charge on any atom is -0.406 e. The van der Waals surface area contributed by atoms with Crippen LogP contribution in [-0.2, 0) is 32.5 Å². The van der Waals surface area contributed by atoms with E-state index in [4.69, 9.17) is 0 Å². The molecule has 0 radical (unpaired) electrons. The molecule has 4 rings (SSSR count). The molecule has 0 heterocycles. The SMILES string of the molecule is CCNC(=O)[C@@H](NC(=O)[C@H](C)NC[C@H](Cc1ccccc1)NC(=O)c1cc(C(=O)NC2(Cc3ccc(OC(F)(F)F)cc3)CC2)cc(N(C)S(C)(=O)=O)c1)C(C)C. The van der Waals surface area contributed by atoms with Crippen molar-refractivity contribution in [3.05, 3.63) is 95.1 Å². The third kappa shape index (κ3) is 13.5. The average Bonchev–Trinajstić information content (AvgIpc) is 3.90. The van der Waals surface area contributed by atoms with E-state index in [1.807, 2.05) is 44.2 Å². The van der Waals surface area contributed by atoms with Gasteiger partial charge in [0.25, 0.3) is 11.8 Å². The number of nitrogens with one attached hydrogen (secondary N) is 5. The van der Waals surface area contributed by atoms with Gasteiger partial charge in [0.2, 0.25) is 21.8 Å². The first-order valence-corrected chi connectivity index (χ1v) is 20.5. The van der Waals surface area contributed by atoms with Gasteiger partial charge in [-0.3, -0.25) is 23.5 Å². The number of nitrogens with zero attached hydrogens (tertiary/aromatic N) is 1. The first kappa shape index (κ1) is 44.6. The molecule has 310 valence electrons. The van der Waals surface area contributed by atoms with E-state index in [0.717, 1.165) is 16.1 Å². The zero-order valence-electron chi connectivity index (χ0n) is 32.8. The van der Waals surface area contributed by atoms with E-state index in [0.29, 0.717) is 37.8 Å². The Morgan fingerprint density at radius 3 is 2.02 bits per heavy atom. The molecule has 57 heavy (non-hydrogen) atoms. The summed E-state index contributed by atoms with van der Waals surface area (Å²) in [6, 6.07) is 16.7. The number of carbonyl (C=O) groups is 4. The van der Waals surface area contributed by atoms with Crippen molar-refractivity contribution in [2.75, 3.05) is 30.7 Å². The number of rotatable bonds is 19. The Morgan fingerprint density at radius 1 is 0.860 bits per heavy atom. The molecule has 1 saturated carbocycles. The largest absolute Gasteiger partial charge is 0.573 e. The number of hydrogen-bond acceptors (Lipinski definition) is 8. The van der Waals surface area contributed by atoms with Crippen molar-refractivity contribution in [3.63, 3.8) is 0 Å². The first-order valence-electron chi connectivity index (χ1n) is 18.6. The second-order valence-electron chi connectivity index (χ2n) is 14.7. The van der Waals surface area contributed by atoms with E-state index in [2.05, 4.69) is 31.3 Å². The predicted molar refractivity (Wildman–Crippen MR) is 210 cm³/mol. The molecular weight excluding hydrogens is 766 g/mol. The van der Waals surface area contributed by atoms with Gasteiger partial charge in [-0.2, -0.15) is 0 Å². The van der Waals surface area contributed by atoms with E-state index >= 15 is 0 Å². The molecule has 0 aliphatic heterocycles. The molecule has 1 fully saturated rings. The highest BCUT2D eigenvalue weighted by Crippen LogP contribution is 2.39. The fourth-order valence-corrected chi connectivity index (χ4v) is 6.60. The quantitative estimate of drug-likeness (QED) is 0.120. The topological polar surface area (TPSA) is 175 Å². The third-order valence-corrected chi connectivity index (χ3v) is 10.8. The molecule has 0 bridgehead atoms. The van der Waals surface area contributed by atoms with E-state index in [9.17, 15) is 40.8 Å². The van der Waals surface area contributed by atoms with Crippen LogP contribution < -0.4 is 35.6 Å². The summed E-state index contributed by atoms with van der Waals surface area (Å²) in [6.45, 7) is 7.63. The summed E-state index contributed by atoms with van der Waals surface area (Å²) in [4.78, 5) is 53.5. The number of halogens is 3. The number of sulfonamides is 1. The lowest BCUT2D eigenvalue weighted by Gasteiger charge is -2.26. The third-order valence-electron chi connectivity index (χ3n) is 9.56. The maximum Gasteiger partial charge on any atom is 0.573 e. The normalized spacial score (nSPS) is 15.1. The van der Waals surface area contributed by atoms with Crippen LogP contribution in [0.2, 0.25) is 0 Å². The molecule has 0 unspecified atom stereocenters. The molecule has 3 aromatic rings. The smallest absolute Gasteiger partial charge is 0.406 e. The van der Waals surface area contributed by atoms with Gasteiger partial charge in [0.15, 0.2) is 0 Å². The van der Waals surface area contributed by atoms with E-state index in [-0.39, 0.29) is 40.9 Å². The van der Waals surface area contributed by atoms with E-state index < -0.39 is 57.8 Å². The van der Waals surface area contributed by atoms with Crippen LogP contribution in [-0.4, -0.2) is 88.5 Å². The minimum atomic E-state index is -4.83. The summed E-state index contributed by atoms with van der Waals surface area (Å²) in [5.41, 5.74) is 0.942. The van der Waals surface area contributed by atoms with Gasteiger partial charge in [-0.05, 0) is 86.9 Å². The zero-order valence-corrected chi connectivity index (χ0v) is 33.6. The lowest BCUT2D eigenvalue weighted by atomic mass is 10.0. The minimum absolute atomic E-state index is 0.00353. The van der Waals surface area contributed by atoms with Crippen LogP contribution in [0.25, 0.3) is 0 Å². The van der Waals surface area contributed by atoms with Crippen LogP contribution in [0.4, 0.5) is 18.9 Å². The van der Waals surface area contributed by atoms with Crippen LogP contribution in [0.5, 0.6) is 5.75 Å². The Kier molecular flexibility index (Phi) is 14.7. The van der Waals surface area contributed by atoms with Gasteiger partial charge < -0.3 is 31.3 Å². The van der Waals surface area contributed by atoms with Crippen molar-refractivity contribution >= 4 is 39.3 Å². The van der Waals surface area contributed by atoms with Gasteiger partial charge in [0, 0.05) is 42.8 Å². The molecule has 1 aliphatic carbocycles. The molecule has 17 heteroatoms. The number of anilines is 1. The maximum absolute atomic E-state index is 14.0. The fraction of sp³-hybridized carbons (Fsp3) is 0.450. The highest BCUT2D eigenvalue weighted by atomic mass is 32.2. The van der Waals surface area contributed by atoms with Crippen molar-refractivity contribution in [2.24, 2.45) is 5.92 Å². The van der Waals surface area contributed by atoms with Crippen molar-refractivity contribution < 1.29 is 45.5 Å². The Hall–Kier alpha value is -5.16. The predicted octanol–water partition coefficient (Wildman–Crippen LogP) is 4.08. The number of amides is 4. The molecule has 1 aliphatic rings. The van der Waals surface area contributed by atoms with Crippen molar-refractivity contribution in [1.29, 1.82) is 0 Å². The molecule has 5 N–H and O–H groups in total. The fourth-order valence-electron chi connectivity index (χ4n) is 6.11. The second-order valence-corrected chi connectivity index (χ2v) is 16.7. The van der Waals surface area contributed by atoms with Gasteiger partial charge in [0.05, 0.1) is 18.0 Å². The zero-order chi connectivity index (χ0) is 42.1. The van der Waals surface area contributed by atoms with E-state index in [1.54, 1.807) is 13.8 Å². The average molecular weight is 817 g/mol. The summed E-state index contributed by atoms with van der Waals surface area (Å²) in [5.74, 6) is -2.41. The van der Waals surface area contributed by atoms with Gasteiger partial charge in [-0.25, -0.2) is 8.42 Å². The Balaban J connectivity index is 1.54. The van der Waals surface area contributed by atoms with Gasteiger partial charge in [-0.15, -0.1) is 13.2 Å². The highest BCUT2D eigenvalue weighted by molar-refractivity contribution is 7.92. The van der Waals surface area contributed by atoms with Crippen LogP contribution >= 0.6 is 0 Å². The Labute approximate surface area is 331 Å². The molecule has 3 aromatic carbocycles. The van der Waals surface area contributed by atoms with Crippen LogP contribution in [0, 0.1) is 5.92 Å². The van der Waals surface area contributed by atoms with Crippen molar-refractivity contribution in [1.82, 2.24) is 26.6 Å². The van der Waals surface area contributed by atoms with Gasteiger partial charge in [-0.1, -0.05) is 56.3 Å². The molecule has 0 saturated heterocycles. The number of alkyl halides is 3. The number of ether oxygens (including phenoxy) is 1. The highest BCUT2D eigenvalue weighted by Gasteiger charge is 2.44. The summed E-state index contributed by atoms with van der Waals surface area (Å²) in [5, 5.41) is 14.6. The maximum atomic E-state index is 14.0.